The van der Waals surface area contributed by atoms with E-state index in [-0.39, 0.29) is 38.0 Å². The van der Waals surface area contributed by atoms with Gasteiger partial charge in [-0.2, -0.15) is 9.40 Å². The largest absolute Gasteiger partial charge is 0.359 e. The second-order valence-corrected chi connectivity index (χ2v) is 7.51. The minimum atomic E-state index is -3.44. The average molecular weight is 343 g/mol. The molecule has 1 aliphatic rings. The van der Waals surface area contributed by atoms with E-state index in [0.717, 1.165) is 6.26 Å². The predicted molar refractivity (Wildman–Crippen MR) is 83.1 cm³/mol. The zero-order valence-electron chi connectivity index (χ0n) is 13.4. The van der Waals surface area contributed by atoms with Gasteiger partial charge in [0.1, 0.15) is 5.69 Å². The molecule has 1 N–H and O–H groups in total. The van der Waals surface area contributed by atoms with Crippen LogP contribution in [0.2, 0.25) is 0 Å². The van der Waals surface area contributed by atoms with Crippen LogP contribution in [0, 0.1) is 5.92 Å². The van der Waals surface area contributed by atoms with E-state index in [0.29, 0.717) is 5.69 Å². The Balaban J connectivity index is 2.27. The van der Waals surface area contributed by atoms with Crippen molar-refractivity contribution in [3.63, 3.8) is 0 Å². The first kappa shape index (κ1) is 17.4. The fourth-order valence-electron chi connectivity index (χ4n) is 2.59. The Morgan fingerprint density at radius 3 is 2.52 bits per heavy atom. The summed E-state index contributed by atoms with van der Waals surface area (Å²) in [6, 6.07) is 1.59. The number of carbonyl (C=O) groups is 2. The van der Waals surface area contributed by atoms with Crippen LogP contribution >= 0.6 is 0 Å². The molecule has 0 spiro atoms. The molecule has 0 aliphatic carbocycles. The zero-order chi connectivity index (χ0) is 17.2. The highest BCUT2D eigenvalue weighted by molar-refractivity contribution is 7.88. The fraction of sp³-hybridized carbons (Fsp3) is 0.615. The Morgan fingerprint density at radius 2 is 2.00 bits per heavy atom. The van der Waals surface area contributed by atoms with Crippen LogP contribution in [-0.2, 0) is 21.9 Å². The molecule has 1 fully saturated rings. The van der Waals surface area contributed by atoms with Gasteiger partial charge in [-0.25, -0.2) is 8.42 Å². The van der Waals surface area contributed by atoms with Crippen molar-refractivity contribution < 1.29 is 18.0 Å². The van der Waals surface area contributed by atoms with Crippen molar-refractivity contribution in [3.05, 3.63) is 18.0 Å². The van der Waals surface area contributed by atoms with Crippen molar-refractivity contribution in [1.29, 1.82) is 0 Å². The average Bonchev–Trinajstić information content (AvgIpc) is 2.78. The van der Waals surface area contributed by atoms with Crippen LogP contribution in [0.25, 0.3) is 0 Å². The minimum absolute atomic E-state index is 0.0632. The Morgan fingerprint density at radius 1 is 1.30 bits per heavy atom. The van der Waals surface area contributed by atoms with Crippen LogP contribution < -0.4 is 5.32 Å². The molecule has 1 aromatic rings. The molecule has 0 saturated carbocycles. The molecule has 2 amide bonds. The van der Waals surface area contributed by atoms with Gasteiger partial charge in [-0.15, -0.1) is 0 Å². The molecule has 0 radical (unpaired) electrons. The summed E-state index contributed by atoms with van der Waals surface area (Å²) >= 11 is 0. The number of hydrogen-bond acceptors (Lipinski definition) is 5. The van der Waals surface area contributed by atoms with Gasteiger partial charge in [0, 0.05) is 46.5 Å². The number of carbonyl (C=O) groups excluding carboxylic acids is 2. The van der Waals surface area contributed by atoms with E-state index in [4.69, 9.17) is 0 Å². The number of aryl methyl sites for hydroxylation is 1. The molecule has 10 heteroatoms. The molecule has 1 saturated heterocycles. The summed E-state index contributed by atoms with van der Waals surface area (Å²) in [5, 5.41) is 6.49. The standard InChI is InChI=1S/C13H21N5O4S/c1-14-12(19)10-8-17(6-7-18(9-10)23(3,21)22)13(20)11-4-5-15-16(11)2/h4-5,10H,6-9H2,1-3H3,(H,14,19). The van der Waals surface area contributed by atoms with Crippen LogP contribution in [0.1, 0.15) is 10.5 Å². The Hall–Kier alpha value is -1.94. The van der Waals surface area contributed by atoms with Crippen LogP contribution in [0.15, 0.2) is 12.3 Å². The highest BCUT2D eigenvalue weighted by Gasteiger charge is 2.33. The number of nitrogens with one attached hydrogen (secondary N) is 1. The van der Waals surface area contributed by atoms with Crippen molar-refractivity contribution in [2.24, 2.45) is 13.0 Å². The third-order valence-corrected chi connectivity index (χ3v) is 5.17. The number of rotatable bonds is 3. The smallest absolute Gasteiger partial charge is 0.272 e. The minimum Gasteiger partial charge on any atom is -0.359 e. The molecule has 23 heavy (non-hydrogen) atoms. The topological polar surface area (TPSA) is 105 Å². The lowest BCUT2D eigenvalue weighted by molar-refractivity contribution is -0.124. The third kappa shape index (κ3) is 3.88. The lowest BCUT2D eigenvalue weighted by atomic mass is 10.1. The van der Waals surface area contributed by atoms with Gasteiger partial charge < -0.3 is 10.2 Å². The van der Waals surface area contributed by atoms with Crippen molar-refractivity contribution in [3.8, 4) is 0 Å². The van der Waals surface area contributed by atoms with Gasteiger partial charge >= 0.3 is 0 Å². The Bertz CT molecular complexity index is 699. The van der Waals surface area contributed by atoms with Crippen molar-refractivity contribution in [2.75, 3.05) is 39.5 Å². The van der Waals surface area contributed by atoms with Crippen molar-refractivity contribution >= 4 is 21.8 Å². The maximum atomic E-state index is 12.6. The summed E-state index contributed by atoms with van der Waals surface area (Å²) in [5.41, 5.74) is 0.397. The maximum Gasteiger partial charge on any atom is 0.272 e. The van der Waals surface area contributed by atoms with Gasteiger partial charge in [-0.3, -0.25) is 14.3 Å². The summed E-state index contributed by atoms with van der Waals surface area (Å²) in [7, 11) is -0.289. The maximum absolute atomic E-state index is 12.6. The van der Waals surface area contributed by atoms with Crippen LogP contribution in [-0.4, -0.2) is 78.7 Å². The van der Waals surface area contributed by atoms with Gasteiger partial charge in [-0.05, 0) is 6.07 Å². The molecule has 2 heterocycles. The van der Waals surface area contributed by atoms with Gasteiger partial charge in [0.25, 0.3) is 5.91 Å². The molecular weight excluding hydrogens is 322 g/mol. The Kier molecular flexibility index (Phi) is 5.05. The quantitative estimate of drug-likeness (QED) is 0.719. The molecular formula is C13H21N5O4S. The highest BCUT2D eigenvalue weighted by atomic mass is 32.2. The monoisotopic (exact) mass is 343 g/mol. The van der Waals surface area contributed by atoms with Gasteiger partial charge in [-0.1, -0.05) is 0 Å². The van der Waals surface area contributed by atoms with Gasteiger partial charge in [0.05, 0.1) is 12.2 Å². The first-order valence-electron chi connectivity index (χ1n) is 7.18. The van der Waals surface area contributed by atoms with E-state index < -0.39 is 15.9 Å². The molecule has 2 rings (SSSR count). The van der Waals surface area contributed by atoms with Crippen LogP contribution in [0.3, 0.4) is 0 Å². The predicted octanol–water partition coefficient (Wildman–Crippen LogP) is -1.50. The molecule has 1 atom stereocenters. The highest BCUT2D eigenvalue weighted by Crippen LogP contribution is 2.15. The first-order valence-corrected chi connectivity index (χ1v) is 9.03. The van der Waals surface area contributed by atoms with E-state index in [1.807, 2.05) is 0 Å². The zero-order valence-corrected chi connectivity index (χ0v) is 14.2. The van der Waals surface area contributed by atoms with E-state index >= 15 is 0 Å². The summed E-state index contributed by atoms with van der Waals surface area (Å²) < 4.78 is 26.4. The lowest BCUT2D eigenvalue weighted by Crippen LogP contribution is -2.42. The van der Waals surface area contributed by atoms with Gasteiger partial charge in [0.2, 0.25) is 15.9 Å². The molecule has 1 aliphatic heterocycles. The number of sulfonamides is 1. The number of nitrogens with zero attached hydrogens (tertiary/aromatic N) is 4. The van der Waals surface area contributed by atoms with E-state index in [1.54, 1.807) is 13.1 Å². The second kappa shape index (κ2) is 6.67. The molecule has 1 aromatic heterocycles. The summed E-state index contributed by atoms with van der Waals surface area (Å²) in [6.45, 7) is 0.615. The number of aromatic nitrogens is 2. The normalized spacial score (nSPS) is 20.1. The molecule has 9 nitrogen and oxygen atoms in total. The summed E-state index contributed by atoms with van der Waals surface area (Å²) in [4.78, 5) is 26.1. The Labute approximate surface area is 135 Å². The number of amides is 2. The fourth-order valence-corrected chi connectivity index (χ4v) is 3.45. The van der Waals surface area contributed by atoms with E-state index in [2.05, 4.69) is 10.4 Å². The second-order valence-electron chi connectivity index (χ2n) is 5.52. The van der Waals surface area contributed by atoms with Gasteiger partial charge in [0.15, 0.2) is 0 Å². The van der Waals surface area contributed by atoms with Crippen LogP contribution in [0.5, 0.6) is 0 Å². The number of hydrogen-bond donors (Lipinski definition) is 1. The molecule has 1 unspecified atom stereocenters. The molecule has 0 aromatic carbocycles. The summed E-state index contributed by atoms with van der Waals surface area (Å²) in [6.07, 6.45) is 2.62. The third-order valence-electron chi connectivity index (χ3n) is 3.90. The molecule has 0 bridgehead atoms. The lowest BCUT2D eigenvalue weighted by Gasteiger charge is -2.23. The SMILES string of the molecule is CNC(=O)C1CN(C(=O)c2ccnn2C)CCN(S(C)(=O)=O)C1. The van der Waals surface area contributed by atoms with Crippen molar-refractivity contribution in [2.45, 2.75) is 0 Å². The summed E-state index contributed by atoms with van der Waals surface area (Å²) in [5.74, 6) is -1.17. The van der Waals surface area contributed by atoms with Crippen molar-refractivity contribution in [1.82, 2.24) is 24.3 Å². The van der Waals surface area contributed by atoms with E-state index in [9.17, 15) is 18.0 Å². The van der Waals surface area contributed by atoms with E-state index in [1.165, 1.54) is 27.1 Å². The van der Waals surface area contributed by atoms with Crippen LogP contribution in [0.4, 0.5) is 0 Å². The molecule has 128 valence electrons. The first-order chi connectivity index (χ1) is 10.7.